The quantitative estimate of drug-likeness (QED) is 0.360. The van der Waals surface area contributed by atoms with Gasteiger partial charge in [0.15, 0.2) is 0 Å². The molecule has 15 heavy (non-hydrogen) atoms. The number of nitro groups is 1. The lowest BCUT2D eigenvalue weighted by atomic mass is 10.1. The molecule has 0 heterocycles. The number of nitrogens with two attached hydrogens (primary N) is 1. The fourth-order valence-corrected chi connectivity index (χ4v) is 0.945. The molecule has 0 atom stereocenters. The Kier molecular flexibility index (Phi) is 4.53. The van der Waals surface area contributed by atoms with Crippen LogP contribution in [-0.4, -0.2) is 18.0 Å². The largest absolute Gasteiger partial charge is 0.465 e. The average Bonchev–Trinajstić information content (AvgIpc) is 2.17. The van der Waals surface area contributed by atoms with Gasteiger partial charge in [0.05, 0.1) is 17.6 Å². The number of ether oxygens (including phenoxy) is 1. The van der Waals surface area contributed by atoms with E-state index in [2.05, 4.69) is 4.74 Å². The highest BCUT2D eigenvalue weighted by Gasteiger charge is 2.15. The number of methoxy groups -OCH3 is 1. The first-order chi connectivity index (χ1) is 6.56. The molecule has 2 N–H and O–H groups in total. The van der Waals surface area contributed by atoms with Gasteiger partial charge in [0.25, 0.3) is 5.69 Å². The molecule has 0 fully saturated rings. The Bertz CT molecular complexity index is 394. The van der Waals surface area contributed by atoms with Gasteiger partial charge in [0.2, 0.25) is 0 Å². The van der Waals surface area contributed by atoms with E-state index in [0.717, 1.165) is 6.07 Å². The summed E-state index contributed by atoms with van der Waals surface area (Å²) in [5.41, 5.74) is 5.40. The maximum absolute atomic E-state index is 11.1. The molecule has 1 rings (SSSR count). The minimum absolute atomic E-state index is 0. The number of carbonyl (C=O) groups excluding carboxylic acids is 1. The number of nitrogen functional groups attached to an aromatic ring is 1. The number of esters is 1. The molecule has 0 aliphatic heterocycles. The van der Waals surface area contributed by atoms with Crippen LogP contribution in [0.5, 0.6) is 0 Å². The van der Waals surface area contributed by atoms with Crippen LogP contribution in [0.1, 0.15) is 10.4 Å². The van der Waals surface area contributed by atoms with Crippen molar-refractivity contribution >= 4 is 29.8 Å². The van der Waals surface area contributed by atoms with E-state index in [1.165, 1.54) is 19.2 Å². The number of hydrogen-bond donors (Lipinski definition) is 1. The van der Waals surface area contributed by atoms with E-state index >= 15 is 0 Å². The van der Waals surface area contributed by atoms with Crippen LogP contribution < -0.4 is 5.73 Å². The Labute approximate surface area is 91.6 Å². The van der Waals surface area contributed by atoms with Crippen molar-refractivity contribution in [3.63, 3.8) is 0 Å². The van der Waals surface area contributed by atoms with E-state index in [-0.39, 0.29) is 29.3 Å². The number of rotatable bonds is 2. The van der Waals surface area contributed by atoms with Crippen LogP contribution in [0, 0.1) is 10.1 Å². The topological polar surface area (TPSA) is 95.5 Å². The van der Waals surface area contributed by atoms with Gasteiger partial charge in [-0.2, -0.15) is 0 Å². The molecule has 0 saturated carbocycles. The van der Waals surface area contributed by atoms with Gasteiger partial charge in [-0.25, -0.2) is 4.79 Å². The number of halogens is 1. The van der Waals surface area contributed by atoms with Gasteiger partial charge in [0, 0.05) is 17.8 Å². The zero-order valence-corrected chi connectivity index (χ0v) is 8.61. The van der Waals surface area contributed by atoms with E-state index in [1.54, 1.807) is 0 Å². The van der Waals surface area contributed by atoms with Gasteiger partial charge >= 0.3 is 5.97 Å². The third kappa shape index (κ3) is 2.81. The van der Waals surface area contributed by atoms with Crippen LogP contribution in [0.25, 0.3) is 0 Å². The predicted molar refractivity (Wildman–Crippen MR) is 56.1 cm³/mol. The Morgan fingerprint density at radius 2 is 2.13 bits per heavy atom. The highest BCUT2D eigenvalue weighted by Crippen LogP contribution is 2.19. The molecule has 7 heteroatoms. The highest BCUT2D eigenvalue weighted by atomic mass is 35.5. The number of benzene rings is 1. The van der Waals surface area contributed by atoms with E-state index in [4.69, 9.17) is 5.73 Å². The molecule has 0 saturated heterocycles. The molecule has 82 valence electrons. The number of carbonyl (C=O) groups is 1. The summed E-state index contributed by atoms with van der Waals surface area (Å²) in [4.78, 5) is 20.9. The number of nitro benzene ring substituents is 1. The first kappa shape index (κ1) is 13.2. The van der Waals surface area contributed by atoms with Gasteiger partial charge in [-0.05, 0) is 6.07 Å². The molecular formula is C8H9ClN2O4. The van der Waals surface area contributed by atoms with Crippen LogP contribution in [0.3, 0.4) is 0 Å². The van der Waals surface area contributed by atoms with Crippen molar-refractivity contribution in [2.75, 3.05) is 12.8 Å². The summed E-state index contributed by atoms with van der Waals surface area (Å²) in [6, 6.07) is 3.60. The normalized spacial score (nSPS) is 8.87. The van der Waals surface area contributed by atoms with Crippen LogP contribution >= 0.6 is 12.4 Å². The van der Waals surface area contributed by atoms with E-state index in [9.17, 15) is 14.9 Å². The highest BCUT2D eigenvalue weighted by molar-refractivity contribution is 5.95. The smallest absolute Gasteiger partial charge is 0.340 e. The fourth-order valence-electron chi connectivity index (χ4n) is 0.945. The first-order valence-electron chi connectivity index (χ1n) is 3.68. The lowest BCUT2D eigenvalue weighted by Crippen LogP contribution is -2.06. The molecule has 0 bridgehead atoms. The Morgan fingerprint density at radius 1 is 1.53 bits per heavy atom. The molecule has 1 aromatic carbocycles. The third-order valence-electron chi connectivity index (χ3n) is 1.65. The van der Waals surface area contributed by atoms with E-state index < -0.39 is 10.9 Å². The Morgan fingerprint density at radius 3 is 2.60 bits per heavy atom. The minimum atomic E-state index is -0.689. The lowest BCUT2D eigenvalue weighted by molar-refractivity contribution is -0.384. The SMILES string of the molecule is COC(=O)c1cc([N+](=O)[O-])ccc1N.Cl. The third-order valence-corrected chi connectivity index (χ3v) is 1.65. The second kappa shape index (κ2) is 5.16. The van der Waals surface area contributed by atoms with Crippen molar-refractivity contribution in [2.45, 2.75) is 0 Å². The van der Waals surface area contributed by atoms with Gasteiger partial charge < -0.3 is 10.5 Å². The molecule has 0 aromatic heterocycles. The number of non-ortho nitro benzene ring substituents is 1. The van der Waals surface area contributed by atoms with Gasteiger partial charge in [-0.15, -0.1) is 12.4 Å². The second-order valence-electron chi connectivity index (χ2n) is 2.52. The zero-order chi connectivity index (χ0) is 10.7. The molecule has 0 aliphatic carbocycles. The Hall–Kier alpha value is -1.82. The van der Waals surface area contributed by atoms with Crippen LogP contribution in [-0.2, 0) is 4.74 Å². The predicted octanol–water partition coefficient (Wildman–Crippen LogP) is 1.39. The molecular weight excluding hydrogens is 224 g/mol. The summed E-state index contributed by atoms with van der Waals surface area (Å²) in [5, 5.41) is 10.4. The van der Waals surface area contributed by atoms with Gasteiger partial charge in [0.1, 0.15) is 0 Å². The lowest BCUT2D eigenvalue weighted by Gasteiger charge is -2.02. The molecule has 0 spiro atoms. The standard InChI is InChI=1S/C8H8N2O4.ClH/c1-14-8(11)6-4-5(10(12)13)2-3-7(6)9;/h2-4H,9H2,1H3;1H. The average molecular weight is 233 g/mol. The summed E-state index contributed by atoms with van der Waals surface area (Å²) in [6.07, 6.45) is 0. The van der Waals surface area contributed by atoms with Crippen molar-refractivity contribution in [3.8, 4) is 0 Å². The van der Waals surface area contributed by atoms with Crippen molar-refractivity contribution in [3.05, 3.63) is 33.9 Å². The molecule has 0 unspecified atom stereocenters. The maximum atomic E-state index is 11.1. The summed E-state index contributed by atoms with van der Waals surface area (Å²) in [6.45, 7) is 0. The van der Waals surface area contributed by atoms with Crippen molar-refractivity contribution < 1.29 is 14.5 Å². The number of anilines is 1. The second-order valence-corrected chi connectivity index (χ2v) is 2.52. The van der Waals surface area contributed by atoms with Crippen LogP contribution in [0.15, 0.2) is 18.2 Å². The van der Waals surface area contributed by atoms with Crippen LogP contribution in [0.4, 0.5) is 11.4 Å². The molecule has 1 aromatic rings. The monoisotopic (exact) mass is 232 g/mol. The first-order valence-corrected chi connectivity index (χ1v) is 3.68. The van der Waals surface area contributed by atoms with E-state index in [1.807, 2.05) is 0 Å². The molecule has 0 amide bonds. The number of hydrogen-bond acceptors (Lipinski definition) is 5. The van der Waals surface area contributed by atoms with Crippen LogP contribution in [0.2, 0.25) is 0 Å². The maximum Gasteiger partial charge on any atom is 0.340 e. The summed E-state index contributed by atoms with van der Waals surface area (Å²) >= 11 is 0. The summed E-state index contributed by atoms with van der Waals surface area (Å²) < 4.78 is 4.41. The fraction of sp³-hybridized carbons (Fsp3) is 0.125. The van der Waals surface area contributed by atoms with Crippen molar-refractivity contribution in [2.24, 2.45) is 0 Å². The summed E-state index contributed by atoms with van der Waals surface area (Å²) in [5.74, 6) is -0.689. The van der Waals surface area contributed by atoms with E-state index in [0.29, 0.717) is 0 Å². The Balaban J connectivity index is 0.00000196. The molecule has 0 radical (unpaired) electrons. The minimum Gasteiger partial charge on any atom is -0.465 e. The van der Waals surface area contributed by atoms with Gasteiger partial charge in [-0.1, -0.05) is 0 Å². The zero-order valence-electron chi connectivity index (χ0n) is 7.80. The molecule has 0 aliphatic rings. The summed E-state index contributed by atoms with van der Waals surface area (Å²) in [7, 11) is 1.18. The molecule has 6 nitrogen and oxygen atoms in total. The van der Waals surface area contributed by atoms with Crippen molar-refractivity contribution in [1.82, 2.24) is 0 Å². The van der Waals surface area contributed by atoms with Crippen molar-refractivity contribution in [1.29, 1.82) is 0 Å². The number of nitrogens with zero attached hydrogens (tertiary/aromatic N) is 1. The van der Waals surface area contributed by atoms with Gasteiger partial charge in [-0.3, -0.25) is 10.1 Å².